The fraction of sp³-hybridized carbons (Fsp3) is 0.500. The lowest BCUT2D eigenvalue weighted by Gasteiger charge is -2.26. The largest absolute Gasteiger partial charge is 0.0587 e. The van der Waals surface area contributed by atoms with Gasteiger partial charge in [0.2, 0.25) is 0 Å². The molecule has 2 aromatic carbocycles. The average molecular weight is 268 g/mol. The van der Waals surface area contributed by atoms with Gasteiger partial charge in [0.1, 0.15) is 0 Å². The molecule has 0 aromatic heterocycles. The van der Waals surface area contributed by atoms with E-state index in [0.717, 1.165) is 0 Å². The summed E-state index contributed by atoms with van der Waals surface area (Å²) < 4.78 is 0. The fourth-order valence-electron chi connectivity index (χ4n) is 3.36. The second-order valence-electron chi connectivity index (χ2n) is 7.55. The topological polar surface area (TPSA) is 0 Å². The molecule has 0 aliphatic rings. The fourth-order valence-corrected chi connectivity index (χ4v) is 3.36. The van der Waals surface area contributed by atoms with E-state index in [0.29, 0.717) is 5.92 Å². The molecule has 0 radical (unpaired) electrons. The Morgan fingerprint density at radius 3 is 2.00 bits per heavy atom. The van der Waals surface area contributed by atoms with Gasteiger partial charge in [0.25, 0.3) is 0 Å². The lowest BCUT2D eigenvalue weighted by atomic mass is 9.78. The first-order valence-electron chi connectivity index (χ1n) is 7.68. The van der Waals surface area contributed by atoms with Crippen molar-refractivity contribution >= 4 is 10.8 Å². The molecule has 0 nitrogen and oxygen atoms in total. The van der Waals surface area contributed by atoms with E-state index in [2.05, 4.69) is 73.6 Å². The van der Waals surface area contributed by atoms with Gasteiger partial charge in [0.05, 0.1) is 0 Å². The van der Waals surface area contributed by atoms with Gasteiger partial charge in [-0.25, -0.2) is 0 Å². The maximum Gasteiger partial charge on any atom is -0.0117 e. The molecular weight excluding hydrogens is 240 g/mol. The van der Waals surface area contributed by atoms with Crippen molar-refractivity contribution in [1.29, 1.82) is 0 Å². The van der Waals surface area contributed by atoms with E-state index in [9.17, 15) is 0 Å². The molecule has 0 unspecified atom stereocenters. The van der Waals surface area contributed by atoms with Gasteiger partial charge in [-0.05, 0) is 65.1 Å². The summed E-state index contributed by atoms with van der Waals surface area (Å²) >= 11 is 0. The molecule has 0 atom stereocenters. The standard InChI is InChI=1S/C20H28/c1-12(2)16-11-18(20(6,7)8)15(5)17-10-13(3)9-14(4)19(16)17/h9-12H,1-8H3. The molecule has 0 aliphatic carbocycles. The summed E-state index contributed by atoms with van der Waals surface area (Å²) in [5.41, 5.74) is 7.39. The molecule has 20 heavy (non-hydrogen) atoms. The Hall–Kier alpha value is -1.30. The molecule has 0 spiro atoms. The maximum absolute atomic E-state index is 2.45. The smallest absolute Gasteiger partial charge is 0.0117 e. The van der Waals surface area contributed by atoms with Crippen molar-refractivity contribution in [2.75, 3.05) is 0 Å². The normalized spacial score (nSPS) is 12.4. The molecule has 0 heteroatoms. The van der Waals surface area contributed by atoms with E-state index in [-0.39, 0.29) is 5.41 Å². The summed E-state index contributed by atoms with van der Waals surface area (Å²) in [5.74, 6) is 0.556. The van der Waals surface area contributed by atoms with Crippen LogP contribution in [0.4, 0.5) is 0 Å². The molecule has 0 saturated heterocycles. The minimum Gasteiger partial charge on any atom is -0.0587 e. The number of rotatable bonds is 1. The van der Waals surface area contributed by atoms with Crippen molar-refractivity contribution < 1.29 is 0 Å². The molecule has 0 amide bonds. The van der Waals surface area contributed by atoms with Crippen LogP contribution in [0.25, 0.3) is 10.8 Å². The zero-order chi connectivity index (χ0) is 15.2. The van der Waals surface area contributed by atoms with Gasteiger partial charge in [0, 0.05) is 0 Å². The van der Waals surface area contributed by atoms with E-state index in [1.807, 2.05) is 0 Å². The van der Waals surface area contributed by atoms with Crippen LogP contribution in [0.2, 0.25) is 0 Å². The lowest BCUT2D eigenvalue weighted by molar-refractivity contribution is 0.585. The van der Waals surface area contributed by atoms with Crippen molar-refractivity contribution in [2.45, 2.75) is 66.7 Å². The van der Waals surface area contributed by atoms with E-state index < -0.39 is 0 Å². The van der Waals surface area contributed by atoms with Crippen molar-refractivity contribution in [2.24, 2.45) is 0 Å². The van der Waals surface area contributed by atoms with Gasteiger partial charge in [0.15, 0.2) is 0 Å². The Kier molecular flexibility index (Phi) is 3.71. The maximum atomic E-state index is 2.45. The highest BCUT2D eigenvalue weighted by Gasteiger charge is 2.21. The SMILES string of the molecule is Cc1cc(C)c2c(C(C)C)cc(C(C)(C)C)c(C)c2c1. The van der Waals surface area contributed by atoms with Crippen LogP contribution in [0.1, 0.15) is 68.4 Å². The molecule has 0 aliphatic heterocycles. The molecule has 0 heterocycles. The Bertz CT molecular complexity index is 652. The monoisotopic (exact) mass is 268 g/mol. The molecule has 2 aromatic rings. The van der Waals surface area contributed by atoms with Crippen LogP contribution in [0.5, 0.6) is 0 Å². The molecule has 0 bridgehead atoms. The highest BCUT2D eigenvalue weighted by atomic mass is 14.3. The van der Waals surface area contributed by atoms with E-state index in [4.69, 9.17) is 0 Å². The number of hydrogen-bond acceptors (Lipinski definition) is 0. The number of hydrogen-bond donors (Lipinski definition) is 0. The highest BCUT2D eigenvalue weighted by Crippen LogP contribution is 2.37. The average Bonchev–Trinajstić information content (AvgIpc) is 2.28. The van der Waals surface area contributed by atoms with E-state index in [1.165, 1.54) is 38.6 Å². The first kappa shape index (κ1) is 15.1. The van der Waals surface area contributed by atoms with Gasteiger partial charge < -0.3 is 0 Å². The second-order valence-corrected chi connectivity index (χ2v) is 7.55. The highest BCUT2D eigenvalue weighted by molar-refractivity contribution is 5.93. The quantitative estimate of drug-likeness (QED) is 0.579. The van der Waals surface area contributed by atoms with Gasteiger partial charge in [-0.15, -0.1) is 0 Å². The second kappa shape index (κ2) is 4.91. The van der Waals surface area contributed by atoms with Crippen LogP contribution >= 0.6 is 0 Å². The van der Waals surface area contributed by atoms with Crippen molar-refractivity contribution in [3.63, 3.8) is 0 Å². The number of aryl methyl sites for hydroxylation is 3. The van der Waals surface area contributed by atoms with Crippen LogP contribution in [-0.2, 0) is 5.41 Å². The zero-order valence-corrected chi connectivity index (χ0v) is 14.3. The number of fused-ring (bicyclic) bond motifs is 1. The Morgan fingerprint density at radius 2 is 1.50 bits per heavy atom. The van der Waals surface area contributed by atoms with Crippen molar-refractivity contribution in [1.82, 2.24) is 0 Å². The summed E-state index contributed by atoms with van der Waals surface area (Å²) in [6, 6.07) is 7.12. The molecular formula is C20H28. The zero-order valence-electron chi connectivity index (χ0n) is 14.3. The first-order valence-corrected chi connectivity index (χ1v) is 7.68. The van der Waals surface area contributed by atoms with Crippen LogP contribution < -0.4 is 0 Å². The number of benzene rings is 2. The lowest BCUT2D eigenvalue weighted by Crippen LogP contribution is -2.14. The van der Waals surface area contributed by atoms with Gasteiger partial charge in [-0.1, -0.05) is 58.4 Å². The summed E-state index contributed by atoms with van der Waals surface area (Å²) in [6.07, 6.45) is 0. The predicted octanol–water partition coefficient (Wildman–Crippen LogP) is 6.19. The Morgan fingerprint density at radius 1 is 0.900 bits per heavy atom. The summed E-state index contributed by atoms with van der Waals surface area (Å²) in [4.78, 5) is 0. The van der Waals surface area contributed by atoms with Crippen LogP contribution in [0.15, 0.2) is 18.2 Å². The Balaban J connectivity index is 2.99. The van der Waals surface area contributed by atoms with Gasteiger partial charge in [-0.2, -0.15) is 0 Å². The summed E-state index contributed by atoms with van der Waals surface area (Å²) in [6.45, 7) is 18.3. The van der Waals surface area contributed by atoms with Gasteiger partial charge in [-0.3, -0.25) is 0 Å². The van der Waals surface area contributed by atoms with Crippen LogP contribution in [-0.4, -0.2) is 0 Å². The molecule has 0 N–H and O–H groups in total. The molecule has 2 rings (SSSR count). The summed E-state index contributed by atoms with van der Waals surface area (Å²) in [7, 11) is 0. The van der Waals surface area contributed by atoms with Crippen LogP contribution in [0.3, 0.4) is 0 Å². The van der Waals surface area contributed by atoms with Gasteiger partial charge >= 0.3 is 0 Å². The third kappa shape index (κ3) is 2.49. The molecule has 108 valence electrons. The predicted molar refractivity (Wildman–Crippen MR) is 90.9 cm³/mol. The van der Waals surface area contributed by atoms with Crippen molar-refractivity contribution in [3.05, 3.63) is 46.0 Å². The molecule has 0 saturated carbocycles. The minimum absolute atomic E-state index is 0.194. The van der Waals surface area contributed by atoms with Crippen molar-refractivity contribution in [3.8, 4) is 0 Å². The molecule has 0 fully saturated rings. The third-order valence-electron chi connectivity index (χ3n) is 4.31. The van der Waals surface area contributed by atoms with E-state index in [1.54, 1.807) is 0 Å². The summed E-state index contributed by atoms with van der Waals surface area (Å²) in [5, 5.41) is 2.91. The third-order valence-corrected chi connectivity index (χ3v) is 4.31. The van der Waals surface area contributed by atoms with E-state index >= 15 is 0 Å². The minimum atomic E-state index is 0.194. The Labute approximate surface area is 124 Å². The van der Waals surface area contributed by atoms with Crippen LogP contribution in [0, 0.1) is 20.8 Å². The first-order chi connectivity index (χ1) is 9.12.